The first-order valence-corrected chi connectivity index (χ1v) is 9.61. The van der Waals surface area contributed by atoms with Gasteiger partial charge in [0.05, 0.1) is 12.7 Å². The minimum atomic E-state index is -0.179. The first-order chi connectivity index (χ1) is 12.7. The van der Waals surface area contributed by atoms with Gasteiger partial charge in [0.1, 0.15) is 5.82 Å². The van der Waals surface area contributed by atoms with E-state index in [1.165, 1.54) is 35.0 Å². The molecule has 2 nitrogen and oxygen atoms in total. The van der Waals surface area contributed by atoms with Gasteiger partial charge in [-0.15, -0.1) is 0 Å². The van der Waals surface area contributed by atoms with Crippen molar-refractivity contribution in [3.05, 3.63) is 71.2 Å². The Balaban J connectivity index is 1.33. The van der Waals surface area contributed by atoms with E-state index in [-0.39, 0.29) is 5.82 Å². The normalized spacial score (nSPS) is 20.5. The lowest BCUT2D eigenvalue weighted by molar-refractivity contribution is 0.00719. The third-order valence-corrected chi connectivity index (χ3v) is 5.70. The van der Waals surface area contributed by atoms with Crippen molar-refractivity contribution in [1.82, 2.24) is 4.98 Å². The molecule has 1 aromatic heterocycles. The number of aromatic nitrogens is 1. The highest BCUT2D eigenvalue weighted by molar-refractivity contribution is 5.84. The second kappa shape index (κ2) is 7.63. The number of hydrogen-bond donors (Lipinski definition) is 1. The van der Waals surface area contributed by atoms with Crippen molar-refractivity contribution >= 4 is 10.9 Å². The van der Waals surface area contributed by atoms with E-state index in [9.17, 15) is 4.39 Å². The van der Waals surface area contributed by atoms with Crippen LogP contribution in [0.5, 0.6) is 0 Å². The SMILES string of the molecule is Cc1[nH]c2cc(F)ccc2c1CC1CCC(OCc2ccccc2)CC1. The lowest BCUT2D eigenvalue weighted by Crippen LogP contribution is -2.22. The second-order valence-corrected chi connectivity index (χ2v) is 7.56. The first-order valence-electron chi connectivity index (χ1n) is 9.61. The molecule has 0 unspecified atom stereocenters. The lowest BCUT2D eigenvalue weighted by atomic mass is 9.83. The van der Waals surface area contributed by atoms with Crippen LogP contribution in [0.3, 0.4) is 0 Å². The number of aryl methyl sites for hydroxylation is 1. The summed E-state index contributed by atoms with van der Waals surface area (Å²) in [7, 11) is 0. The number of hydrogen-bond acceptors (Lipinski definition) is 1. The van der Waals surface area contributed by atoms with Crippen LogP contribution in [0.25, 0.3) is 10.9 Å². The van der Waals surface area contributed by atoms with E-state index >= 15 is 0 Å². The summed E-state index contributed by atoms with van der Waals surface area (Å²) in [6.45, 7) is 2.81. The van der Waals surface area contributed by atoms with Crippen LogP contribution in [0.4, 0.5) is 4.39 Å². The molecule has 0 saturated heterocycles. The molecular weight excluding hydrogens is 325 g/mol. The van der Waals surface area contributed by atoms with Crippen LogP contribution < -0.4 is 0 Å². The Morgan fingerprint density at radius 3 is 2.58 bits per heavy atom. The van der Waals surface area contributed by atoms with E-state index in [0.717, 1.165) is 24.8 Å². The Hall–Kier alpha value is -2.13. The number of aromatic amines is 1. The van der Waals surface area contributed by atoms with Crippen molar-refractivity contribution in [1.29, 1.82) is 0 Å². The van der Waals surface area contributed by atoms with Gasteiger partial charge >= 0.3 is 0 Å². The maximum atomic E-state index is 13.4. The van der Waals surface area contributed by atoms with Crippen molar-refractivity contribution < 1.29 is 9.13 Å². The van der Waals surface area contributed by atoms with Gasteiger partial charge in [0, 0.05) is 16.6 Å². The Kier molecular flexibility index (Phi) is 5.07. The molecule has 1 saturated carbocycles. The Labute approximate surface area is 154 Å². The highest BCUT2D eigenvalue weighted by Crippen LogP contribution is 2.33. The highest BCUT2D eigenvalue weighted by Gasteiger charge is 2.23. The van der Waals surface area contributed by atoms with Crippen molar-refractivity contribution in [3.8, 4) is 0 Å². The van der Waals surface area contributed by atoms with Crippen LogP contribution in [0.2, 0.25) is 0 Å². The largest absolute Gasteiger partial charge is 0.374 e. The number of rotatable bonds is 5. The van der Waals surface area contributed by atoms with E-state index in [2.05, 4.69) is 36.2 Å². The summed E-state index contributed by atoms with van der Waals surface area (Å²) in [5, 5.41) is 1.17. The molecule has 0 spiro atoms. The maximum Gasteiger partial charge on any atom is 0.125 e. The van der Waals surface area contributed by atoms with E-state index in [0.29, 0.717) is 18.6 Å². The minimum absolute atomic E-state index is 0.179. The van der Waals surface area contributed by atoms with Crippen molar-refractivity contribution in [2.45, 2.75) is 51.7 Å². The zero-order valence-electron chi connectivity index (χ0n) is 15.3. The third kappa shape index (κ3) is 3.83. The molecule has 1 aliphatic rings. The number of benzene rings is 2. The summed E-state index contributed by atoms with van der Waals surface area (Å²) < 4.78 is 19.6. The average molecular weight is 351 g/mol. The van der Waals surface area contributed by atoms with Gasteiger partial charge in [-0.2, -0.15) is 0 Å². The Bertz CT molecular complexity index is 863. The molecule has 4 rings (SSSR count). The molecule has 0 amide bonds. The number of H-pyrrole nitrogens is 1. The van der Waals surface area contributed by atoms with Gasteiger partial charge in [-0.25, -0.2) is 4.39 Å². The molecule has 3 heteroatoms. The van der Waals surface area contributed by atoms with Crippen LogP contribution in [-0.4, -0.2) is 11.1 Å². The lowest BCUT2D eigenvalue weighted by Gasteiger charge is -2.28. The monoisotopic (exact) mass is 351 g/mol. The maximum absolute atomic E-state index is 13.4. The quantitative estimate of drug-likeness (QED) is 0.605. The van der Waals surface area contributed by atoms with Crippen molar-refractivity contribution in [2.24, 2.45) is 5.92 Å². The zero-order valence-corrected chi connectivity index (χ0v) is 15.3. The van der Waals surface area contributed by atoms with E-state index in [1.807, 2.05) is 12.1 Å². The molecule has 1 heterocycles. The van der Waals surface area contributed by atoms with E-state index in [4.69, 9.17) is 4.74 Å². The molecule has 2 aromatic carbocycles. The molecule has 0 radical (unpaired) electrons. The highest BCUT2D eigenvalue weighted by atomic mass is 19.1. The molecule has 1 fully saturated rings. The smallest absolute Gasteiger partial charge is 0.125 e. The van der Waals surface area contributed by atoms with Gasteiger partial charge in [0.25, 0.3) is 0 Å². The van der Waals surface area contributed by atoms with Crippen molar-refractivity contribution in [2.75, 3.05) is 0 Å². The van der Waals surface area contributed by atoms with Crippen LogP contribution >= 0.6 is 0 Å². The molecule has 1 N–H and O–H groups in total. The predicted octanol–water partition coefficient (Wildman–Crippen LogP) is 5.93. The molecular formula is C23H26FNO. The molecule has 0 atom stereocenters. The van der Waals surface area contributed by atoms with Crippen LogP contribution in [0.1, 0.15) is 42.5 Å². The second-order valence-electron chi connectivity index (χ2n) is 7.56. The molecule has 0 bridgehead atoms. The standard InChI is InChI=1S/C23H26FNO/c1-16-22(21-12-9-19(24)14-23(21)25-16)13-17-7-10-20(11-8-17)26-15-18-5-3-2-4-6-18/h2-6,9,12,14,17,20,25H,7-8,10-11,13,15H2,1H3. The van der Waals surface area contributed by atoms with Crippen LogP contribution in [0, 0.1) is 18.7 Å². The van der Waals surface area contributed by atoms with Crippen LogP contribution in [0.15, 0.2) is 48.5 Å². The summed E-state index contributed by atoms with van der Waals surface area (Å²) >= 11 is 0. The van der Waals surface area contributed by atoms with Crippen molar-refractivity contribution in [3.63, 3.8) is 0 Å². The molecule has 136 valence electrons. The number of ether oxygens (including phenoxy) is 1. The topological polar surface area (TPSA) is 25.0 Å². The Morgan fingerprint density at radius 1 is 1.04 bits per heavy atom. The van der Waals surface area contributed by atoms with Gasteiger partial charge in [-0.3, -0.25) is 0 Å². The molecule has 26 heavy (non-hydrogen) atoms. The average Bonchev–Trinajstić information content (AvgIpc) is 2.96. The summed E-state index contributed by atoms with van der Waals surface area (Å²) in [6.07, 6.45) is 6.12. The van der Waals surface area contributed by atoms with Gasteiger partial charge in [-0.05, 0) is 74.3 Å². The van der Waals surface area contributed by atoms with Gasteiger partial charge in [0.15, 0.2) is 0 Å². The number of halogens is 1. The summed E-state index contributed by atoms with van der Waals surface area (Å²) in [5.41, 5.74) is 4.69. The summed E-state index contributed by atoms with van der Waals surface area (Å²) in [6, 6.07) is 15.5. The number of nitrogens with one attached hydrogen (secondary N) is 1. The molecule has 3 aromatic rings. The fourth-order valence-electron chi connectivity index (χ4n) is 4.21. The predicted molar refractivity (Wildman–Crippen MR) is 104 cm³/mol. The Morgan fingerprint density at radius 2 is 1.81 bits per heavy atom. The fraction of sp³-hybridized carbons (Fsp3) is 0.391. The van der Waals surface area contributed by atoms with Gasteiger partial charge in [0.2, 0.25) is 0 Å². The molecule has 1 aliphatic carbocycles. The fourth-order valence-corrected chi connectivity index (χ4v) is 4.21. The van der Waals surface area contributed by atoms with E-state index in [1.54, 1.807) is 12.1 Å². The van der Waals surface area contributed by atoms with Gasteiger partial charge < -0.3 is 9.72 Å². The zero-order chi connectivity index (χ0) is 17.9. The first kappa shape index (κ1) is 17.3. The minimum Gasteiger partial charge on any atom is -0.374 e. The third-order valence-electron chi connectivity index (χ3n) is 5.70. The molecule has 0 aliphatic heterocycles. The number of fused-ring (bicyclic) bond motifs is 1. The summed E-state index contributed by atoms with van der Waals surface area (Å²) in [4.78, 5) is 3.34. The van der Waals surface area contributed by atoms with Gasteiger partial charge in [-0.1, -0.05) is 30.3 Å². The van der Waals surface area contributed by atoms with E-state index < -0.39 is 0 Å². The van der Waals surface area contributed by atoms with Crippen LogP contribution in [-0.2, 0) is 17.8 Å². The summed E-state index contributed by atoms with van der Waals surface area (Å²) in [5.74, 6) is 0.510.